The largest absolute Gasteiger partial charge is 0.350 e. The molecule has 1 amide bonds. The van der Waals surface area contributed by atoms with Crippen LogP contribution in [0.4, 0.5) is 0 Å². The van der Waals surface area contributed by atoms with Crippen molar-refractivity contribution in [1.82, 2.24) is 14.6 Å². The van der Waals surface area contributed by atoms with Crippen molar-refractivity contribution in [2.75, 3.05) is 13.1 Å². The molecule has 2 heterocycles. The molecule has 1 aliphatic rings. The summed E-state index contributed by atoms with van der Waals surface area (Å²) in [5.74, 6) is -0.216. The van der Waals surface area contributed by atoms with Gasteiger partial charge in [-0.15, -0.1) is 0 Å². The van der Waals surface area contributed by atoms with E-state index >= 15 is 0 Å². The molecule has 2 aromatic rings. The Bertz CT molecular complexity index is 849. The Balaban J connectivity index is 1.55. The van der Waals surface area contributed by atoms with Gasteiger partial charge in [0, 0.05) is 29.7 Å². The summed E-state index contributed by atoms with van der Waals surface area (Å²) in [4.78, 5) is 16.8. The van der Waals surface area contributed by atoms with E-state index in [1.54, 1.807) is 30.5 Å². The summed E-state index contributed by atoms with van der Waals surface area (Å²) in [5, 5.41) is 2.89. The molecule has 1 aromatic heterocycles. The number of rotatable bonds is 5. The summed E-state index contributed by atoms with van der Waals surface area (Å²) in [6, 6.07) is 12.2. The number of aromatic nitrogens is 1. The quantitative estimate of drug-likeness (QED) is 0.779. The Labute approximate surface area is 161 Å². The van der Waals surface area contributed by atoms with Gasteiger partial charge in [0.15, 0.2) is 0 Å². The first-order valence-corrected chi connectivity index (χ1v) is 10.6. The topological polar surface area (TPSA) is 79.4 Å². The average molecular weight is 438 g/mol. The van der Waals surface area contributed by atoms with E-state index < -0.39 is 10.0 Å². The van der Waals surface area contributed by atoms with Crippen LogP contribution in [-0.2, 0) is 21.4 Å². The van der Waals surface area contributed by atoms with Crippen LogP contribution in [0.3, 0.4) is 0 Å². The van der Waals surface area contributed by atoms with Crippen molar-refractivity contribution in [2.24, 2.45) is 5.92 Å². The van der Waals surface area contributed by atoms with E-state index in [9.17, 15) is 13.2 Å². The smallest absolute Gasteiger partial charge is 0.243 e. The summed E-state index contributed by atoms with van der Waals surface area (Å²) < 4.78 is 27.7. The van der Waals surface area contributed by atoms with E-state index in [1.807, 2.05) is 18.2 Å². The van der Waals surface area contributed by atoms with Crippen LogP contribution in [0.1, 0.15) is 18.5 Å². The predicted octanol–water partition coefficient (Wildman–Crippen LogP) is 2.56. The van der Waals surface area contributed by atoms with Crippen molar-refractivity contribution < 1.29 is 13.2 Å². The molecule has 1 saturated heterocycles. The van der Waals surface area contributed by atoms with Crippen LogP contribution in [0.5, 0.6) is 0 Å². The highest BCUT2D eigenvalue weighted by atomic mass is 79.9. The van der Waals surface area contributed by atoms with Crippen LogP contribution in [0, 0.1) is 5.92 Å². The maximum absolute atomic E-state index is 12.7. The zero-order valence-corrected chi connectivity index (χ0v) is 16.5. The van der Waals surface area contributed by atoms with Crippen LogP contribution >= 0.6 is 15.9 Å². The summed E-state index contributed by atoms with van der Waals surface area (Å²) in [6.07, 6.45) is 2.72. The summed E-state index contributed by atoms with van der Waals surface area (Å²) >= 11 is 3.31. The number of carbonyl (C=O) groups excluding carboxylic acids is 1. The fraction of sp³-hybridized carbons (Fsp3) is 0.333. The van der Waals surface area contributed by atoms with E-state index in [0.29, 0.717) is 32.5 Å². The lowest BCUT2D eigenvalue weighted by molar-refractivity contribution is -0.126. The number of hydrogen-bond acceptors (Lipinski definition) is 4. The normalized spacial score (nSPS) is 16.3. The van der Waals surface area contributed by atoms with Gasteiger partial charge in [-0.2, -0.15) is 4.31 Å². The van der Waals surface area contributed by atoms with Crippen LogP contribution in [0.15, 0.2) is 58.0 Å². The van der Waals surface area contributed by atoms with Gasteiger partial charge >= 0.3 is 0 Å². The van der Waals surface area contributed by atoms with E-state index in [4.69, 9.17) is 0 Å². The molecular weight excluding hydrogens is 418 g/mol. The molecule has 0 unspecified atom stereocenters. The van der Waals surface area contributed by atoms with Gasteiger partial charge in [-0.1, -0.05) is 22.0 Å². The summed E-state index contributed by atoms with van der Waals surface area (Å²) in [7, 11) is -3.51. The third kappa shape index (κ3) is 4.49. The zero-order valence-electron chi connectivity index (χ0n) is 14.1. The minimum absolute atomic E-state index is 0.0451. The summed E-state index contributed by atoms with van der Waals surface area (Å²) in [5.41, 5.74) is 0.802. The average Bonchev–Trinajstić information content (AvgIpc) is 2.67. The zero-order chi connectivity index (χ0) is 18.6. The summed E-state index contributed by atoms with van der Waals surface area (Å²) in [6.45, 7) is 1.08. The molecule has 8 heteroatoms. The molecule has 1 aromatic carbocycles. The maximum Gasteiger partial charge on any atom is 0.243 e. The lowest BCUT2D eigenvalue weighted by Crippen LogP contribution is -2.42. The molecule has 0 bridgehead atoms. The molecule has 1 N–H and O–H groups in total. The van der Waals surface area contributed by atoms with E-state index in [0.717, 1.165) is 10.2 Å². The Morgan fingerprint density at radius 2 is 1.85 bits per heavy atom. The maximum atomic E-state index is 12.7. The fourth-order valence-electron chi connectivity index (χ4n) is 2.94. The first-order valence-electron chi connectivity index (χ1n) is 8.40. The van der Waals surface area contributed by atoms with Crippen molar-refractivity contribution in [2.45, 2.75) is 24.3 Å². The molecular formula is C18H20BrN3O3S. The molecule has 138 valence electrons. The second kappa shape index (κ2) is 8.28. The van der Waals surface area contributed by atoms with Crippen LogP contribution in [-0.4, -0.2) is 36.7 Å². The third-order valence-corrected chi connectivity index (χ3v) is 6.89. The molecule has 0 saturated carbocycles. The number of benzene rings is 1. The number of piperidine rings is 1. The molecule has 0 spiro atoms. The van der Waals surface area contributed by atoms with Crippen LogP contribution < -0.4 is 5.32 Å². The predicted molar refractivity (Wildman–Crippen MR) is 102 cm³/mol. The van der Waals surface area contributed by atoms with Crippen molar-refractivity contribution >= 4 is 31.9 Å². The van der Waals surface area contributed by atoms with Crippen LogP contribution in [0.2, 0.25) is 0 Å². The van der Waals surface area contributed by atoms with Crippen molar-refractivity contribution in [3.8, 4) is 0 Å². The minimum atomic E-state index is -3.51. The van der Waals surface area contributed by atoms with Gasteiger partial charge in [-0.05, 0) is 49.2 Å². The van der Waals surface area contributed by atoms with Crippen molar-refractivity contribution in [3.63, 3.8) is 0 Å². The van der Waals surface area contributed by atoms with Crippen molar-refractivity contribution in [3.05, 3.63) is 58.8 Å². The number of sulfonamides is 1. The SMILES string of the molecule is O=C(NCc1ccccn1)C1CCN(S(=O)(=O)c2ccc(Br)cc2)CC1. The fourth-order valence-corrected chi connectivity index (χ4v) is 4.67. The molecule has 0 aliphatic carbocycles. The number of nitrogens with one attached hydrogen (secondary N) is 1. The van der Waals surface area contributed by atoms with Gasteiger partial charge in [0.2, 0.25) is 15.9 Å². The molecule has 1 fully saturated rings. The minimum Gasteiger partial charge on any atom is -0.350 e. The number of carbonyl (C=O) groups is 1. The highest BCUT2D eigenvalue weighted by Crippen LogP contribution is 2.25. The molecule has 6 nitrogen and oxygen atoms in total. The number of pyridine rings is 1. The monoisotopic (exact) mass is 437 g/mol. The highest BCUT2D eigenvalue weighted by Gasteiger charge is 2.31. The number of hydrogen-bond donors (Lipinski definition) is 1. The Hall–Kier alpha value is -1.77. The van der Waals surface area contributed by atoms with Gasteiger partial charge in [0.25, 0.3) is 0 Å². The molecule has 1 aliphatic heterocycles. The molecule has 0 radical (unpaired) electrons. The Morgan fingerprint density at radius 3 is 2.46 bits per heavy atom. The van der Waals surface area contributed by atoms with Crippen molar-refractivity contribution in [1.29, 1.82) is 0 Å². The van der Waals surface area contributed by atoms with Gasteiger partial charge < -0.3 is 5.32 Å². The van der Waals surface area contributed by atoms with E-state index in [-0.39, 0.29) is 16.7 Å². The number of nitrogens with zero attached hydrogens (tertiary/aromatic N) is 2. The van der Waals surface area contributed by atoms with Crippen LogP contribution in [0.25, 0.3) is 0 Å². The van der Waals surface area contributed by atoms with Gasteiger partial charge in [-0.3, -0.25) is 9.78 Å². The van der Waals surface area contributed by atoms with Gasteiger partial charge in [0.05, 0.1) is 17.1 Å². The molecule has 0 atom stereocenters. The third-order valence-electron chi connectivity index (χ3n) is 4.45. The second-order valence-electron chi connectivity index (χ2n) is 6.17. The number of amides is 1. The Kier molecular flexibility index (Phi) is 6.05. The lowest BCUT2D eigenvalue weighted by atomic mass is 9.97. The standard InChI is InChI=1S/C18H20BrN3O3S/c19-15-4-6-17(7-5-15)26(24,25)22-11-8-14(9-12-22)18(23)21-13-16-3-1-2-10-20-16/h1-7,10,14H,8-9,11-13H2,(H,21,23). The first-order chi connectivity index (χ1) is 12.5. The second-order valence-corrected chi connectivity index (χ2v) is 9.02. The molecule has 3 rings (SSSR count). The Morgan fingerprint density at radius 1 is 1.15 bits per heavy atom. The van der Waals surface area contributed by atoms with Gasteiger partial charge in [-0.25, -0.2) is 8.42 Å². The molecule has 26 heavy (non-hydrogen) atoms. The first kappa shape index (κ1) is 19.0. The van der Waals surface area contributed by atoms with E-state index in [2.05, 4.69) is 26.2 Å². The highest BCUT2D eigenvalue weighted by molar-refractivity contribution is 9.10. The number of halogens is 1. The van der Waals surface area contributed by atoms with E-state index in [1.165, 1.54) is 4.31 Å². The van der Waals surface area contributed by atoms with Gasteiger partial charge in [0.1, 0.15) is 0 Å². The lowest BCUT2D eigenvalue weighted by Gasteiger charge is -2.30.